The van der Waals surface area contributed by atoms with Gasteiger partial charge in [-0.15, -0.1) is 0 Å². The van der Waals surface area contributed by atoms with E-state index in [9.17, 15) is 4.79 Å². The van der Waals surface area contributed by atoms with Crippen LogP contribution in [-0.4, -0.2) is 17.6 Å². The highest BCUT2D eigenvalue weighted by Crippen LogP contribution is 2.40. The molecule has 1 aliphatic rings. The summed E-state index contributed by atoms with van der Waals surface area (Å²) in [6.07, 6.45) is 3.09. The Labute approximate surface area is 153 Å². The maximum Gasteiger partial charge on any atom is 0.273 e. The molecule has 1 amide bonds. The molecule has 0 atom stereocenters. The molecule has 4 rings (SSSR count). The van der Waals surface area contributed by atoms with Crippen molar-refractivity contribution in [2.75, 3.05) is 6.54 Å². The van der Waals surface area contributed by atoms with Crippen LogP contribution in [0.3, 0.4) is 0 Å². The molecular formula is C22H22N2O2. The lowest BCUT2D eigenvalue weighted by Crippen LogP contribution is -2.26. The number of benzene rings is 2. The standard InChI is InChI=1S/C22H22N2O2/c25-22(20-15-21(26-24-20)18-11-12-18)23-14-13-19(16-7-3-1-4-8-16)17-9-5-2-6-10-17/h1-10,15,18-19H,11-14H2,(H,23,25). The summed E-state index contributed by atoms with van der Waals surface area (Å²) < 4.78 is 5.26. The first-order valence-corrected chi connectivity index (χ1v) is 9.16. The third kappa shape index (κ3) is 3.85. The second kappa shape index (κ2) is 7.56. The largest absolute Gasteiger partial charge is 0.360 e. The Bertz CT molecular complexity index is 815. The smallest absolute Gasteiger partial charge is 0.273 e. The number of hydrogen-bond acceptors (Lipinski definition) is 3. The van der Waals surface area contributed by atoms with Gasteiger partial charge >= 0.3 is 0 Å². The fraction of sp³-hybridized carbons (Fsp3) is 0.273. The second-order valence-corrected chi connectivity index (χ2v) is 6.81. The number of aromatic nitrogens is 1. The van der Waals surface area contributed by atoms with Crippen LogP contribution in [0, 0.1) is 0 Å². The normalized spacial score (nSPS) is 13.7. The molecule has 4 nitrogen and oxygen atoms in total. The summed E-state index contributed by atoms with van der Waals surface area (Å²) in [6.45, 7) is 0.582. The number of carbonyl (C=O) groups excluding carboxylic acids is 1. The summed E-state index contributed by atoms with van der Waals surface area (Å²) in [5, 5.41) is 6.88. The van der Waals surface area contributed by atoms with Gasteiger partial charge in [-0.25, -0.2) is 0 Å². The molecule has 1 aromatic heterocycles. The summed E-state index contributed by atoms with van der Waals surface area (Å²) in [6, 6.07) is 22.6. The Morgan fingerprint density at radius 3 is 2.23 bits per heavy atom. The van der Waals surface area contributed by atoms with E-state index in [0.29, 0.717) is 18.2 Å². The zero-order valence-electron chi connectivity index (χ0n) is 14.6. The molecule has 4 heteroatoms. The van der Waals surface area contributed by atoms with Crippen molar-refractivity contribution in [2.45, 2.75) is 31.1 Å². The van der Waals surface area contributed by atoms with E-state index < -0.39 is 0 Å². The molecule has 0 radical (unpaired) electrons. The Morgan fingerprint density at radius 2 is 1.65 bits per heavy atom. The predicted octanol–water partition coefficient (Wildman–Crippen LogP) is 4.50. The number of amides is 1. The molecular weight excluding hydrogens is 324 g/mol. The van der Waals surface area contributed by atoms with Crippen LogP contribution < -0.4 is 5.32 Å². The van der Waals surface area contributed by atoms with Crippen molar-refractivity contribution in [1.82, 2.24) is 10.5 Å². The molecule has 1 aliphatic carbocycles. The van der Waals surface area contributed by atoms with Crippen LogP contribution in [0.5, 0.6) is 0 Å². The molecule has 0 spiro atoms. The zero-order chi connectivity index (χ0) is 17.8. The van der Waals surface area contributed by atoms with Gasteiger partial charge in [0.05, 0.1) is 0 Å². The zero-order valence-corrected chi connectivity index (χ0v) is 14.6. The van der Waals surface area contributed by atoms with Gasteiger partial charge in [-0.2, -0.15) is 0 Å². The molecule has 26 heavy (non-hydrogen) atoms. The molecule has 3 aromatic rings. The van der Waals surface area contributed by atoms with E-state index in [0.717, 1.165) is 25.0 Å². The first-order chi connectivity index (χ1) is 12.8. The second-order valence-electron chi connectivity index (χ2n) is 6.81. The molecule has 0 unspecified atom stereocenters. The summed E-state index contributed by atoms with van der Waals surface area (Å²) in [5.41, 5.74) is 2.89. The fourth-order valence-corrected chi connectivity index (χ4v) is 3.27. The summed E-state index contributed by atoms with van der Waals surface area (Å²) in [7, 11) is 0. The lowest BCUT2D eigenvalue weighted by atomic mass is 9.88. The van der Waals surface area contributed by atoms with Crippen molar-refractivity contribution in [2.24, 2.45) is 0 Å². The molecule has 1 N–H and O–H groups in total. The highest BCUT2D eigenvalue weighted by atomic mass is 16.5. The van der Waals surface area contributed by atoms with Gasteiger partial charge in [-0.1, -0.05) is 65.8 Å². The van der Waals surface area contributed by atoms with Gasteiger partial charge in [0.1, 0.15) is 5.76 Å². The van der Waals surface area contributed by atoms with Crippen LogP contribution in [0.15, 0.2) is 71.3 Å². The first-order valence-electron chi connectivity index (χ1n) is 9.16. The van der Waals surface area contributed by atoms with Gasteiger partial charge in [0.2, 0.25) is 0 Å². The SMILES string of the molecule is O=C(NCCC(c1ccccc1)c1ccccc1)c1cc(C2CC2)on1. The van der Waals surface area contributed by atoms with Crippen LogP contribution in [0.2, 0.25) is 0 Å². The quantitative estimate of drug-likeness (QED) is 0.685. The highest BCUT2D eigenvalue weighted by Gasteiger charge is 2.28. The average molecular weight is 346 g/mol. The number of nitrogens with zero attached hydrogens (tertiary/aromatic N) is 1. The van der Waals surface area contributed by atoms with E-state index in [4.69, 9.17) is 4.52 Å². The maximum absolute atomic E-state index is 12.3. The van der Waals surface area contributed by atoms with Gasteiger partial charge in [0.15, 0.2) is 5.69 Å². The van der Waals surface area contributed by atoms with Crippen LogP contribution in [0.1, 0.15) is 58.5 Å². The van der Waals surface area contributed by atoms with Gasteiger partial charge in [0.25, 0.3) is 5.91 Å². The Balaban J connectivity index is 1.40. The van der Waals surface area contributed by atoms with E-state index in [1.54, 1.807) is 6.07 Å². The minimum Gasteiger partial charge on any atom is -0.360 e. The van der Waals surface area contributed by atoms with Crippen molar-refractivity contribution in [3.8, 4) is 0 Å². The van der Waals surface area contributed by atoms with Crippen molar-refractivity contribution in [1.29, 1.82) is 0 Å². The summed E-state index contributed by atoms with van der Waals surface area (Å²) in [5.74, 6) is 1.38. The monoisotopic (exact) mass is 346 g/mol. The Morgan fingerprint density at radius 1 is 1.04 bits per heavy atom. The first kappa shape index (κ1) is 16.6. The Hall–Kier alpha value is -2.88. The lowest BCUT2D eigenvalue weighted by molar-refractivity contribution is 0.0943. The number of hydrogen-bond donors (Lipinski definition) is 1. The van der Waals surface area contributed by atoms with Gasteiger partial charge < -0.3 is 9.84 Å². The molecule has 132 valence electrons. The third-order valence-electron chi connectivity index (χ3n) is 4.86. The number of carbonyl (C=O) groups is 1. The van der Waals surface area contributed by atoms with Crippen molar-refractivity contribution in [3.63, 3.8) is 0 Å². The molecule has 2 aromatic carbocycles. The number of rotatable bonds is 7. The van der Waals surface area contributed by atoms with E-state index >= 15 is 0 Å². The molecule has 0 aliphatic heterocycles. The molecule has 1 heterocycles. The molecule has 0 saturated heterocycles. The lowest BCUT2D eigenvalue weighted by Gasteiger charge is -2.18. The van der Waals surface area contributed by atoms with E-state index in [2.05, 4.69) is 59.0 Å². The third-order valence-corrected chi connectivity index (χ3v) is 4.86. The van der Waals surface area contributed by atoms with E-state index in [1.807, 2.05) is 12.1 Å². The Kier molecular flexibility index (Phi) is 4.82. The van der Waals surface area contributed by atoms with Crippen molar-refractivity contribution >= 4 is 5.91 Å². The molecule has 1 fully saturated rings. The minimum atomic E-state index is -0.166. The number of nitrogens with one attached hydrogen (secondary N) is 1. The van der Waals surface area contributed by atoms with Gasteiger partial charge in [0, 0.05) is 24.4 Å². The maximum atomic E-state index is 12.3. The van der Waals surface area contributed by atoms with Crippen molar-refractivity contribution < 1.29 is 9.32 Å². The fourth-order valence-electron chi connectivity index (χ4n) is 3.27. The van der Waals surface area contributed by atoms with Crippen molar-refractivity contribution in [3.05, 3.63) is 89.3 Å². The van der Waals surface area contributed by atoms with Crippen LogP contribution in [0.25, 0.3) is 0 Å². The molecule has 0 bridgehead atoms. The van der Waals surface area contributed by atoms with Crippen LogP contribution in [-0.2, 0) is 0 Å². The summed E-state index contributed by atoms with van der Waals surface area (Å²) >= 11 is 0. The van der Waals surface area contributed by atoms with Gasteiger partial charge in [-0.3, -0.25) is 4.79 Å². The summed E-state index contributed by atoms with van der Waals surface area (Å²) in [4.78, 5) is 12.3. The highest BCUT2D eigenvalue weighted by molar-refractivity contribution is 5.92. The minimum absolute atomic E-state index is 0.166. The average Bonchev–Trinajstić information content (AvgIpc) is 3.43. The van der Waals surface area contributed by atoms with Crippen LogP contribution >= 0.6 is 0 Å². The van der Waals surface area contributed by atoms with E-state index in [-0.39, 0.29) is 11.8 Å². The van der Waals surface area contributed by atoms with Gasteiger partial charge in [-0.05, 0) is 30.4 Å². The predicted molar refractivity (Wildman–Crippen MR) is 100 cm³/mol. The topological polar surface area (TPSA) is 55.1 Å². The molecule has 1 saturated carbocycles. The van der Waals surface area contributed by atoms with Crippen LogP contribution in [0.4, 0.5) is 0 Å². The van der Waals surface area contributed by atoms with E-state index in [1.165, 1.54) is 11.1 Å².